The zero-order chi connectivity index (χ0) is 12.2. The molecule has 1 unspecified atom stereocenters. The molecule has 0 saturated carbocycles. The first-order valence-corrected chi connectivity index (χ1v) is 7.17. The topological polar surface area (TPSA) is 74.2 Å². The largest absolute Gasteiger partial charge is 0.382 e. The molecule has 0 radical (unpaired) electrons. The fourth-order valence-electron chi connectivity index (χ4n) is 1.59. The molecule has 1 aliphatic heterocycles. The van der Waals surface area contributed by atoms with Gasteiger partial charge in [0.2, 0.25) is 0 Å². The fraction of sp³-hybridized carbons (Fsp3) is 1.00. The molecule has 0 amide bonds. The van der Waals surface area contributed by atoms with Crippen molar-refractivity contribution in [2.75, 3.05) is 33.6 Å². The Morgan fingerprint density at radius 1 is 1.50 bits per heavy atom. The summed E-state index contributed by atoms with van der Waals surface area (Å²) in [6, 6.07) is 0. The van der Waals surface area contributed by atoms with E-state index in [4.69, 9.17) is 23.6 Å². The van der Waals surface area contributed by atoms with Crippen LogP contribution in [0.15, 0.2) is 0 Å². The van der Waals surface area contributed by atoms with Gasteiger partial charge in [-0.2, -0.15) is 0 Å². The predicted octanol–water partition coefficient (Wildman–Crippen LogP) is 0.637. The van der Waals surface area contributed by atoms with Crippen molar-refractivity contribution in [2.45, 2.75) is 25.2 Å². The molecule has 4 atom stereocenters. The third-order valence-corrected chi connectivity index (χ3v) is 2.94. The summed E-state index contributed by atoms with van der Waals surface area (Å²) >= 11 is 0. The van der Waals surface area contributed by atoms with E-state index in [1.54, 1.807) is 7.11 Å². The summed E-state index contributed by atoms with van der Waals surface area (Å²) in [7, 11) is -1.93. The molecular weight excluding hydrogens is 235 g/mol. The summed E-state index contributed by atoms with van der Waals surface area (Å²) in [5, 5.41) is 0. The minimum absolute atomic E-state index is 0.145. The molecule has 1 heterocycles. The summed E-state index contributed by atoms with van der Waals surface area (Å²) in [5.41, 5.74) is 0. The number of hydrogen-bond donors (Lipinski definition) is 1. The van der Waals surface area contributed by atoms with Crippen LogP contribution in [0.4, 0.5) is 0 Å². The summed E-state index contributed by atoms with van der Waals surface area (Å²) in [6.45, 7) is 4.16. The van der Waals surface area contributed by atoms with Crippen molar-refractivity contribution in [3.05, 3.63) is 0 Å². The second-order valence-corrected chi connectivity index (χ2v) is 5.63. The molecule has 6 nitrogen and oxygen atoms in total. The van der Waals surface area contributed by atoms with E-state index in [9.17, 15) is 4.57 Å². The molecule has 0 aliphatic carbocycles. The van der Waals surface area contributed by atoms with Crippen molar-refractivity contribution >= 4 is 7.60 Å². The molecule has 0 bridgehead atoms. The molecule has 7 heteroatoms. The van der Waals surface area contributed by atoms with E-state index >= 15 is 0 Å². The van der Waals surface area contributed by atoms with E-state index in [-0.39, 0.29) is 18.8 Å². The Morgan fingerprint density at radius 3 is 2.75 bits per heavy atom. The SMILES string of the molecule is COCCO[C@@H]1[C@H](C)OC[C@@H]1OP(C)(=O)O. The van der Waals surface area contributed by atoms with Gasteiger partial charge in [0.05, 0.1) is 25.9 Å². The predicted molar refractivity (Wildman–Crippen MR) is 57.7 cm³/mol. The third kappa shape index (κ3) is 4.49. The van der Waals surface area contributed by atoms with E-state index < -0.39 is 13.7 Å². The van der Waals surface area contributed by atoms with E-state index in [1.165, 1.54) is 0 Å². The van der Waals surface area contributed by atoms with Crippen LogP contribution in [-0.4, -0.2) is 56.8 Å². The lowest BCUT2D eigenvalue weighted by Crippen LogP contribution is -2.34. The van der Waals surface area contributed by atoms with Crippen LogP contribution in [-0.2, 0) is 23.3 Å². The molecule has 0 aromatic heterocycles. The molecule has 0 aromatic rings. The standard InChI is InChI=1S/C9H19O6P/c1-7-9(13-5-4-12-2)8(6-14-7)15-16(3,10)11/h7-9H,4-6H2,1-3H3,(H,10,11)/t7-,8-,9+/m0/s1. The maximum atomic E-state index is 11.2. The van der Waals surface area contributed by atoms with Crippen LogP contribution >= 0.6 is 7.60 Å². The van der Waals surface area contributed by atoms with Gasteiger partial charge in [0.1, 0.15) is 12.2 Å². The lowest BCUT2D eigenvalue weighted by Gasteiger charge is -2.22. The minimum Gasteiger partial charge on any atom is -0.382 e. The lowest BCUT2D eigenvalue weighted by atomic mass is 10.2. The summed E-state index contributed by atoms with van der Waals surface area (Å²) in [6.07, 6.45) is -0.961. The van der Waals surface area contributed by atoms with E-state index in [0.29, 0.717) is 13.2 Å². The number of methoxy groups -OCH3 is 1. The molecular formula is C9H19O6P. The van der Waals surface area contributed by atoms with Crippen molar-refractivity contribution in [3.8, 4) is 0 Å². The van der Waals surface area contributed by atoms with Gasteiger partial charge in [0, 0.05) is 13.8 Å². The normalized spacial score (nSPS) is 33.9. The Morgan fingerprint density at radius 2 is 2.19 bits per heavy atom. The summed E-state index contributed by atoms with van der Waals surface area (Å²) < 4.78 is 31.9. The van der Waals surface area contributed by atoms with Crippen LogP contribution in [0, 0.1) is 0 Å². The maximum absolute atomic E-state index is 11.2. The van der Waals surface area contributed by atoms with Crippen LogP contribution in [0.2, 0.25) is 0 Å². The molecule has 1 fully saturated rings. The van der Waals surface area contributed by atoms with Crippen LogP contribution in [0.3, 0.4) is 0 Å². The van der Waals surface area contributed by atoms with Crippen molar-refractivity contribution in [2.24, 2.45) is 0 Å². The van der Waals surface area contributed by atoms with E-state index in [0.717, 1.165) is 6.66 Å². The molecule has 1 N–H and O–H groups in total. The Labute approximate surface area is 95.4 Å². The molecule has 16 heavy (non-hydrogen) atoms. The Hall–Kier alpha value is 0.0300. The average Bonchev–Trinajstić information content (AvgIpc) is 2.47. The molecule has 0 spiro atoms. The monoisotopic (exact) mass is 254 g/mol. The van der Waals surface area contributed by atoms with Gasteiger partial charge in [-0.1, -0.05) is 0 Å². The molecule has 1 saturated heterocycles. The van der Waals surface area contributed by atoms with Gasteiger partial charge in [0.15, 0.2) is 0 Å². The average molecular weight is 254 g/mol. The van der Waals surface area contributed by atoms with Crippen LogP contribution in [0.5, 0.6) is 0 Å². The second-order valence-electron chi connectivity index (χ2n) is 3.81. The molecule has 1 rings (SSSR count). The molecule has 96 valence electrons. The van der Waals surface area contributed by atoms with Gasteiger partial charge in [-0.25, -0.2) is 0 Å². The van der Waals surface area contributed by atoms with E-state index in [2.05, 4.69) is 0 Å². The Balaban J connectivity index is 2.46. The maximum Gasteiger partial charge on any atom is 0.325 e. The minimum atomic E-state index is -3.51. The molecule has 1 aliphatic rings. The smallest absolute Gasteiger partial charge is 0.325 e. The van der Waals surface area contributed by atoms with Crippen molar-refractivity contribution in [1.82, 2.24) is 0 Å². The number of ether oxygens (including phenoxy) is 3. The highest BCUT2D eigenvalue weighted by Crippen LogP contribution is 2.41. The van der Waals surface area contributed by atoms with Crippen LogP contribution in [0.25, 0.3) is 0 Å². The van der Waals surface area contributed by atoms with Gasteiger partial charge in [0.25, 0.3) is 0 Å². The first-order valence-electron chi connectivity index (χ1n) is 5.15. The quantitative estimate of drug-likeness (QED) is 0.553. The first-order chi connectivity index (χ1) is 7.44. The Kier molecular flexibility index (Phi) is 5.37. The van der Waals surface area contributed by atoms with Crippen molar-refractivity contribution in [3.63, 3.8) is 0 Å². The highest BCUT2D eigenvalue weighted by Gasteiger charge is 2.38. The zero-order valence-electron chi connectivity index (χ0n) is 9.79. The fourth-order valence-corrected chi connectivity index (χ4v) is 2.27. The highest BCUT2D eigenvalue weighted by molar-refractivity contribution is 7.51. The lowest BCUT2D eigenvalue weighted by molar-refractivity contribution is -0.0434. The Bertz CT molecular complexity index is 252. The highest BCUT2D eigenvalue weighted by atomic mass is 31.2. The van der Waals surface area contributed by atoms with Crippen molar-refractivity contribution < 1.29 is 28.2 Å². The summed E-state index contributed by atoms with van der Waals surface area (Å²) in [4.78, 5) is 9.15. The number of rotatable bonds is 6. The number of hydrogen-bond acceptors (Lipinski definition) is 5. The van der Waals surface area contributed by atoms with E-state index in [1.807, 2.05) is 6.92 Å². The van der Waals surface area contributed by atoms with Gasteiger partial charge in [-0.05, 0) is 6.92 Å². The third-order valence-electron chi connectivity index (χ3n) is 2.28. The van der Waals surface area contributed by atoms with Gasteiger partial charge in [-0.15, -0.1) is 0 Å². The van der Waals surface area contributed by atoms with Gasteiger partial charge >= 0.3 is 7.60 Å². The van der Waals surface area contributed by atoms with Crippen molar-refractivity contribution in [1.29, 1.82) is 0 Å². The zero-order valence-corrected chi connectivity index (χ0v) is 10.7. The first kappa shape index (κ1) is 14.1. The van der Waals surface area contributed by atoms with Gasteiger partial charge < -0.3 is 23.6 Å². The molecule has 0 aromatic carbocycles. The van der Waals surface area contributed by atoms with Crippen LogP contribution < -0.4 is 0 Å². The van der Waals surface area contributed by atoms with Crippen LogP contribution in [0.1, 0.15) is 6.92 Å². The summed E-state index contributed by atoms with van der Waals surface area (Å²) in [5.74, 6) is 0. The second kappa shape index (κ2) is 6.10. The van der Waals surface area contributed by atoms with Gasteiger partial charge in [-0.3, -0.25) is 4.57 Å².